The maximum Gasteiger partial charge on any atom is 0.345 e. The molecule has 0 fully saturated rings. The van der Waals surface area contributed by atoms with Crippen molar-refractivity contribution in [2.75, 3.05) is 25.2 Å². The molecule has 10 nitrogen and oxygen atoms in total. The van der Waals surface area contributed by atoms with E-state index in [9.17, 15) is 19.2 Å². The number of anilines is 1. The number of ether oxygens (including phenoxy) is 3. The lowest BCUT2D eigenvalue weighted by atomic mass is 9.67. The Bertz CT molecular complexity index is 1500. The van der Waals surface area contributed by atoms with Crippen molar-refractivity contribution in [1.82, 2.24) is 0 Å². The molecule has 2 aliphatic rings. The van der Waals surface area contributed by atoms with Crippen molar-refractivity contribution in [3.8, 4) is 5.75 Å². The van der Waals surface area contributed by atoms with Crippen LogP contribution in [0.4, 0.5) is 5.69 Å². The average molecular weight is 476 g/mol. The van der Waals surface area contributed by atoms with E-state index in [0.29, 0.717) is 11.1 Å². The van der Waals surface area contributed by atoms with Crippen molar-refractivity contribution in [2.45, 2.75) is 12.3 Å². The zero-order valence-corrected chi connectivity index (χ0v) is 18.8. The number of hydrogen-bond donors (Lipinski definition) is 1. The Morgan fingerprint density at radius 3 is 2.54 bits per heavy atom. The topological polar surface area (TPSA) is 138 Å². The van der Waals surface area contributed by atoms with Gasteiger partial charge in [-0.05, 0) is 25.1 Å². The molecule has 1 aromatic heterocycles. The lowest BCUT2D eigenvalue weighted by Crippen LogP contribution is -2.51. The third-order valence-corrected chi connectivity index (χ3v) is 6.16. The second-order valence-electron chi connectivity index (χ2n) is 7.89. The molecule has 0 aliphatic carbocycles. The Kier molecular flexibility index (Phi) is 5.08. The second-order valence-corrected chi connectivity index (χ2v) is 7.89. The second kappa shape index (κ2) is 8.01. The first kappa shape index (κ1) is 22.2. The first-order valence-corrected chi connectivity index (χ1v) is 10.8. The van der Waals surface area contributed by atoms with E-state index >= 15 is 0 Å². The smallest absolute Gasteiger partial charge is 0.345 e. The number of nitrogens with zero attached hydrogens (tertiary/aromatic N) is 1. The summed E-state index contributed by atoms with van der Waals surface area (Å²) in [6.07, 6.45) is 0. The molecule has 5 rings (SSSR count). The highest BCUT2D eigenvalue weighted by molar-refractivity contribution is 6.12. The fourth-order valence-corrected chi connectivity index (χ4v) is 4.74. The van der Waals surface area contributed by atoms with Crippen molar-refractivity contribution in [3.63, 3.8) is 0 Å². The summed E-state index contributed by atoms with van der Waals surface area (Å²) in [5.74, 6) is -2.75. The van der Waals surface area contributed by atoms with E-state index in [-0.39, 0.29) is 47.0 Å². The quantitative estimate of drug-likeness (QED) is 0.437. The van der Waals surface area contributed by atoms with Gasteiger partial charge in [0.1, 0.15) is 29.1 Å². The average Bonchev–Trinajstić information content (AvgIpc) is 3.15. The number of hydrogen-bond acceptors (Lipinski definition) is 10. The minimum absolute atomic E-state index is 0.0207. The van der Waals surface area contributed by atoms with Crippen LogP contribution in [0.1, 0.15) is 18.1 Å². The summed E-state index contributed by atoms with van der Waals surface area (Å²) in [7, 11) is 1.22. The zero-order valence-electron chi connectivity index (χ0n) is 18.8. The molecule has 0 bridgehead atoms. The normalized spacial score (nSPS) is 18.3. The van der Waals surface area contributed by atoms with Crippen molar-refractivity contribution >= 4 is 34.6 Å². The molecule has 0 saturated heterocycles. The molecular weight excluding hydrogens is 456 g/mol. The molecule has 0 amide bonds. The number of fused-ring (bicyclic) bond motifs is 6. The standard InChI is InChI=1S/C25H20N2O8/c1-3-33-22(29)19-21(26)27(12-17(28)32-2)15-10-6-5-9-14(15)25(19)18-20(35-24(25)31)13-8-4-7-11-16(13)34-23(18)30/h4-11H,3,12,26H2,1-2H3. The van der Waals surface area contributed by atoms with Gasteiger partial charge in [0.15, 0.2) is 11.2 Å². The van der Waals surface area contributed by atoms with E-state index in [0.717, 1.165) is 0 Å². The lowest BCUT2D eigenvalue weighted by Gasteiger charge is -2.39. The van der Waals surface area contributed by atoms with Crippen LogP contribution in [0.2, 0.25) is 0 Å². The van der Waals surface area contributed by atoms with Gasteiger partial charge >= 0.3 is 23.5 Å². The minimum Gasteiger partial charge on any atom is -0.468 e. The third-order valence-electron chi connectivity index (χ3n) is 6.16. The summed E-state index contributed by atoms with van der Waals surface area (Å²) >= 11 is 0. The molecule has 3 heterocycles. The van der Waals surface area contributed by atoms with E-state index in [2.05, 4.69) is 0 Å². The van der Waals surface area contributed by atoms with Crippen LogP contribution in [0.15, 0.2) is 69.1 Å². The number of rotatable bonds is 4. The minimum atomic E-state index is -2.07. The predicted molar refractivity (Wildman–Crippen MR) is 123 cm³/mol. The maximum atomic E-state index is 13.8. The van der Waals surface area contributed by atoms with E-state index in [1.54, 1.807) is 55.5 Å². The van der Waals surface area contributed by atoms with E-state index < -0.39 is 28.9 Å². The van der Waals surface area contributed by atoms with Gasteiger partial charge in [-0.2, -0.15) is 0 Å². The molecule has 1 unspecified atom stereocenters. The molecule has 3 aromatic rings. The first-order chi connectivity index (χ1) is 16.9. The van der Waals surface area contributed by atoms with Gasteiger partial charge in [-0.3, -0.25) is 4.79 Å². The molecule has 1 spiro atoms. The van der Waals surface area contributed by atoms with E-state index in [1.165, 1.54) is 12.0 Å². The molecule has 35 heavy (non-hydrogen) atoms. The Labute approximate surface area is 198 Å². The molecule has 0 saturated carbocycles. The highest BCUT2D eigenvalue weighted by atomic mass is 16.6. The largest absolute Gasteiger partial charge is 0.468 e. The van der Waals surface area contributed by atoms with Gasteiger partial charge < -0.3 is 29.3 Å². The molecule has 2 N–H and O–H groups in total. The Hall–Kier alpha value is -4.60. The van der Waals surface area contributed by atoms with Gasteiger partial charge in [-0.15, -0.1) is 0 Å². The molecule has 0 radical (unpaired) electrons. The van der Waals surface area contributed by atoms with Gasteiger partial charge in [0.25, 0.3) is 0 Å². The van der Waals surface area contributed by atoms with Crippen molar-refractivity contribution in [1.29, 1.82) is 0 Å². The summed E-state index contributed by atoms with van der Waals surface area (Å²) < 4.78 is 21.3. The number of nitrogens with two attached hydrogens (primary N) is 1. The van der Waals surface area contributed by atoms with Crippen LogP contribution in [0.25, 0.3) is 11.0 Å². The van der Waals surface area contributed by atoms with Crippen molar-refractivity contribution in [3.05, 3.63) is 81.5 Å². The predicted octanol–water partition coefficient (Wildman–Crippen LogP) is 1.72. The Morgan fingerprint density at radius 1 is 1.09 bits per heavy atom. The zero-order chi connectivity index (χ0) is 24.9. The number of carbonyl (C=O) groups is 3. The molecule has 1 atom stereocenters. The maximum absolute atomic E-state index is 13.8. The third kappa shape index (κ3) is 2.96. The lowest BCUT2D eigenvalue weighted by molar-refractivity contribution is -0.143. The van der Waals surface area contributed by atoms with Gasteiger partial charge in [0, 0.05) is 11.3 Å². The summed E-state index contributed by atoms with van der Waals surface area (Å²) in [5, 5.41) is 0.378. The highest BCUT2D eigenvalue weighted by Gasteiger charge is 2.63. The Balaban J connectivity index is 1.93. The van der Waals surface area contributed by atoms with Crippen LogP contribution in [0, 0.1) is 0 Å². The number of esters is 3. The van der Waals surface area contributed by atoms with Crippen LogP contribution in [-0.4, -0.2) is 38.2 Å². The SMILES string of the molecule is CCOC(=O)C1=C(N)N(CC(=O)OC)c2ccccc2C12C(=O)Oc1c2c(=O)oc2ccccc12. The Morgan fingerprint density at radius 2 is 1.80 bits per heavy atom. The van der Waals surface area contributed by atoms with Gasteiger partial charge in [-0.25, -0.2) is 14.4 Å². The molecule has 10 heteroatoms. The summed E-state index contributed by atoms with van der Waals surface area (Å²) in [5.41, 5.74) is 3.76. The molecule has 178 valence electrons. The fraction of sp³-hybridized carbons (Fsp3) is 0.200. The fourth-order valence-electron chi connectivity index (χ4n) is 4.74. The van der Waals surface area contributed by atoms with Crippen LogP contribution in [0.5, 0.6) is 5.75 Å². The van der Waals surface area contributed by atoms with E-state index in [1.807, 2.05) is 0 Å². The molecule has 2 aromatic carbocycles. The van der Waals surface area contributed by atoms with Crippen LogP contribution >= 0.6 is 0 Å². The molecule has 2 aliphatic heterocycles. The summed E-state index contributed by atoms with van der Waals surface area (Å²) in [6.45, 7) is 1.21. The number of methoxy groups -OCH3 is 1. The van der Waals surface area contributed by atoms with Gasteiger partial charge in [0.05, 0.1) is 19.1 Å². The number of benzene rings is 2. The van der Waals surface area contributed by atoms with Crippen molar-refractivity contribution < 1.29 is 33.0 Å². The van der Waals surface area contributed by atoms with Crippen LogP contribution in [0.3, 0.4) is 0 Å². The van der Waals surface area contributed by atoms with Gasteiger partial charge in [0.2, 0.25) is 0 Å². The molecular formula is C25H20N2O8. The van der Waals surface area contributed by atoms with Crippen LogP contribution in [-0.2, 0) is 29.3 Å². The first-order valence-electron chi connectivity index (χ1n) is 10.8. The van der Waals surface area contributed by atoms with Crippen LogP contribution < -0.4 is 21.0 Å². The number of para-hydroxylation sites is 2. The monoisotopic (exact) mass is 476 g/mol. The summed E-state index contributed by atoms with van der Waals surface area (Å²) in [6, 6.07) is 13.1. The summed E-state index contributed by atoms with van der Waals surface area (Å²) in [4.78, 5) is 54.1. The number of carbonyl (C=O) groups excluding carboxylic acids is 3. The highest BCUT2D eigenvalue weighted by Crippen LogP contribution is 2.55. The van der Waals surface area contributed by atoms with Gasteiger partial charge in [-0.1, -0.05) is 30.3 Å². The van der Waals surface area contributed by atoms with E-state index in [4.69, 9.17) is 24.4 Å². The van der Waals surface area contributed by atoms with Crippen molar-refractivity contribution in [2.24, 2.45) is 5.73 Å².